The summed E-state index contributed by atoms with van der Waals surface area (Å²) in [5, 5.41) is 6.64. The van der Waals surface area contributed by atoms with E-state index in [9.17, 15) is 14.0 Å². The number of hydrogen-bond acceptors (Lipinski definition) is 3. The van der Waals surface area contributed by atoms with Crippen LogP contribution in [0.25, 0.3) is 0 Å². The molecule has 1 aliphatic carbocycles. The van der Waals surface area contributed by atoms with Crippen molar-refractivity contribution < 1.29 is 14.0 Å². The average Bonchev–Trinajstić information content (AvgIpc) is 3.42. The molecule has 0 heterocycles. The molecule has 2 aromatic carbocycles. The van der Waals surface area contributed by atoms with Gasteiger partial charge in [0.05, 0.1) is 6.21 Å². The van der Waals surface area contributed by atoms with Crippen LogP contribution in [0, 0.1) is 11.7 Å². The highest BCUT2D eigenvalue weighted by molar-refractivity contribution is 5.97. The maximum atomic E-state index is 12.8. The summed E-state index contributed by atoms with van der Waals surface area (Å²) in [5.41, 5.74) is 4.17. The molecule has 2 aromatic rings. The molecule has 5 nitrogen and oxygen atoms in total. The van der Waals surface area contributed by atoms with Gasteiger partial charge >= 0.3 is 0 Å². The van der Waals surface area contributed by atoms with Crippen LogP contribution in [0.1, 0.15) is 28.8 Å². The van der Waals surface area contributed by atoms with Crippen molar-refractivity contribution in [3.63, 3.8) is 0 Å². The third-order valence-electron chi connectivity index (χ3n) is 3.61. The Labute approximate surface area is 138 Å². The summed E-state index contributed by atoms with van der Waals surface area (Å²) in [6, 6.07) is 12.3. The van der Waals surface area contributed by atoms with Gasteiger partial charge in [0.25, 0.3) is 5.91 Å². The van der Waals surface area contributed by atoms with Gasteiger partial charge in [0.1, 0.15) is 5.82 Å². The zero-order chi connectivity index (χ0) is 16.9. The molecule has 0 spiro atoms. The summed E-state index contributed by atoms with van der Waals surface area (Å²) in [4.78, 5) is 23.6. The number of hydrogen-bond donors (Lipinski definition) is 2. The highest BCUT2D eigenvalue weighted by atomic mass is 19.1. The van der Waals surface area contributed by atoms with E-state index in [0.717, 1.165) is 12.8 Å². The van der Waals surface area contributed by atoms with Crippen LogP contribution in [-0.4, -0.2) is 18.0 Å². The first kappa shape index (κ1) is 15.9. The van der Waals surface area contributed by atoms with E-state index in [1.807, 2.05) is 0 Å². The normalized spacial score (nSPS) is 13.7. The first-order valence-corrected chi connectivity index (χ1v) is 7.62. The number of nitrogens with zero attached hydrogens (tertiary/aromatic N) is 1. The van der Waals surface area contributed by atoms with E-state index in [2.05, 4.69) is 15.8 Å². The Morgan fingerprint density at radius 3 is 2.33 bits per heavy atom. The minimum absolute atomic E-state index is 0.0242. The maximum absolute atomic E-state index is 12.8. The molecule has 0 unspecified atom stereocenters. The van der Waals surface area contributed by atoms with E-state index in [-0.39, 0.29) is 23.5 Å². The van der Waals surface area contributed by atoms with Gasteiger partial charge < -0.3 is 5.32 Å². The van der Waals surface area contributed by atoms with Crippen molar-refractivity contribution in [1.29, 1.82) is 0 Å². The predicted octanol–water partition coefficient (Wildman–Crippen LogP) is 2.94. The fourth-order valence-corrected chi connectivity index (χ4v) is 2.07. The number of rotatable bonds is 5. The van der Waals surface area contributed by atoms with Crippen molar-refractivity contribution in [3.8, 4) is 0 Å². The third kappa shape index (κ3) is 4.25. The van der Waals surface area contributed by atoms with E-state index >= 15 is 0 Å². The lowest BCUT2D eigenvalue weighted by Crippen LogP contribution is -2.18. The second-order valence-corrected chi connectivity index (χ2v) is 5.59. The molecule has 122 valence electrons. The maximum Gasteiger partial charge on any atom is 0.271 e. The standard InChI is InChI=1S/C18H16FN3O2/c19-15-7-1-12(2-8-15)11-20-22-18(24)14-5-9-16(10-6-14)21-17(23)13-3-4-13/h1-2,5-11,13H,3-4H2,(H,21,23)(H,22,24)/b20-11+. The van der Waals surface area contributed by atoms with Gasteiger partial charge in [-0.05, 0) is 54.8 Å². The van der Waals surface area contributed by atoms with Gasteiger partial charge in [0, 0.05) is 17.2 Å². The summed E-state index contributed by atoms with van der Waals surface area (Å²) in [6.07, 6.45) is 3.32. The number of carbonyl (C=O) groups is 2. The number of amides is 2. The Hall–Kier alpha value is -3.02. The van der Waals surface area contributed by atoms with E-state index in [1.54, 1.807) is 36.4 Å². The van der Waals surface area contributed by atoms with Crippen LogP contribution in [0.2, 0.25) is 0 Å². The largest absolute Gasteiger partial charge is 0.326 e. The topological polar surface area (TPSA) is 70.6 Å². The lowest BCUT2D eigenvalue weighted by Gasteiger charge is -2.05. The first-order valence-electron chi connectivity index (χ1n) is 7.62. The molecular weight excluding hydrogens is 309 g/mol. The zero-order valence-corrected chi connectivity index (χ0v) is 12.8. The van der Waals surface area contributed by atoms with Gasteiger partial charge in [-0.25, -0.2) is 9.82 Å². The third-order valence-corrected chi connectivity index (χ3v) is 3.61. The molecule has 24 heavy (non-hydrogen) atoms. The molecule has 0 atom stereocenters. The van der Waals surface area contributed by atoms with E-state index < -0.39 is 0 Å². The van der Waals surface area contributed by atoms with Gasteiger partial charge in [-0.15, -0.1) is 0 Å². The summed E-state index contributed by atoms with van der Waals surface area (Å²) in [7, 11) is 0. The molecule has 0 aromatic heterocycles. The van der Waals surface area contributed by atoms with Gasteiger partial charge in [-0.2, -0.15) is 5.10 Å². The number of carbonyl (C=O) groups excluding carboxylic acids is 2. The van der Waals surface area contributed by atoms with Crippen molar-refractivity contribution in [2.45, 2.75) is 12.8 Å². The molecule has 3 rings (SSSR count). The lowest BCUT2D eigenvalue weighted by atomic mass is 10.2. The number of halogens is 1. The van der Waals surface area contributed by atoms with Crippen LogP contribution in [0.5, 0.6) is 0 Å². The minimum atomic E-state index is -0.367. The summed E-state index contributed by atoms with van der Waals surface area (Å²) >= 11 is 0. The Morgan fingerprint density at radius 1 is 1.04 bits per heavy atom. The van der Waals surface area contributed by atoms with Crippen LogP contribution in [0.4, 0.5) is 10.1 Å². The van der Waals surface area contributed by atoms with Crippen molar-refractivity contribution in [3.05, 3.63) is 65.5 Å². The Kier molecular flexibility index (Phi) is 4.65. The van der Waals surface area contributed by atoms with Crippen LogP contribution in [-0.2, 0) is 4.79 Å². The van der Waals surface area contributed by atoms with Crippen LogP contribution < -0.4 is 10.7 Å². The molecule has 0 bridgehead atoms. The van der Waals surface area contributed by atoms with Crippen molar-refractivity contribution in [1.82, 2.24) is 5.43 Å². The number of anilines is 1. The van der Waals surface area contributed by atoms with Crippen molar-refractivity contribution >= 4 is 23.7 Å². The van der Waals surface area contributed by atoms with Crippen molar-refractivity contribution in [2.24, 2.45) is 11.0 Å². The number of benzene rings is 2. The van der Waals surface area contributed by atoms with Crippen LogP contribution in [0.15, 0.2) is 53.6 Å². The molecule has 2 amide bonds. The van der Waals surface area contributed by atoms with E-state index in [4.69, 9.17) is 0 Å². The van der Waals surface area contributed by atoms with Crippen LogP contribution >= 0.6 is 0 Å². The first-order chi connectivity index (χ1) is 11.6. The molecular formula is C18H16FN3O2. The average molecular weight is 325 g/mol. The molecule has 6 heteroatoms. The fraction of sp³-hybridized carbons (Fsp3) is 0.167. The fourth-order valence-electron chi connectivity index (χ4n) is 2.07. The highest BCUT2D eigenvalue weighted by Crippen LogP contribution is 2.30. The summed E-state index contributed by atoms with van der Waals surface area (Å²) in [5.74, 6) is -0.539. The van der Waals surface area contributed by atoms with Crippen LogP contribution in [0.3, 0.4) is 0 Å². The van der Waals surface area contributed by atoms with Gasteiger partial charge in [-0.1, -0.05) is 12.1 Å². The molecule has 0 saturated heterocycles. The van der Waals surface area contributed by atoms with Gasteiger partial charge in [0.15, 0.2) is 0 Å². The molecule has 0 aliphatic heterocycles. The van der Waals surface area contributed by atoms with E-state index in [0.29, 0.717) is 16.8 Å². The predicted molar refractivity (Wildman–Crippen MR) is 89.3 cm³/mol. The second-order valence-electron chi connectivity index (χ2n) is 5.59. The Balaban J connectivity index is 1.54. The van der Waals surface area contributed by atoms with Gasteiger partial charge in [-0.3, -0.25) is 9.59 Å². The Morgan fingerprint density at radius 2 is 1.71 bits per heavy atom. The summed E-state index contributed by atoms with van der Waals surface area (Å²) < 4.78 is 12.8. The quantitative estimate of drug-likeness (QED) is 0.655. The van der Waals surface area contributed by atoms with E-state index in [1.165, 1.54) is 18.3 Å². The molecule has 1 aliphatic rings. The van der Waals surface area contributed by atoms with Crippen molar-refractivity contribution in [2.75, 3.05) is 5.32 Å². The molecule has 1 fully saturated rings. The number of hydrazone groups is 1. The van der Waals surface area contributed by atoms with Gasteiger partial charge in [0.2, 0.25) is 5.91 Å². The smallest absolute Gasteiger partial charge is 0.271 e. The number of nitrogens with one attached hydrogen (secondary N) is 2. The summed E-state index contributed by atoms with van der Waals surface area (Å²) in [6.45, 7) is 0. The SMILES string of the molecule is O=C(N/N=C/c1ccc(F)cc1)c1ccc(NC(=O)C2CC2)cc1. The molecule has 0 radical (unpaired) electrons. The molecule has 2 N–H and O–H groups in total. The highest BCUT2D eigenvalue weighted by Gasteiger charge is 2.29. The minimum Gasteiger partial charge on any atom is -0.326 e. The molecule has 1 saturated carbocycles. The lowest BCUT2D eigenvalue weighted by molar-refractivity contribution is -0.117. The second kappa shape index (κ2) is 7.04. The Bertz CT molecular complexity index is 766. The zero-order valence-electron chi connectivity index (χ0n) is 12.8. The monoisotopic (exact) mass is 325 g/mol.